The first kappa shape index (κ1) is 20.3. The Morgan fingerprint density at radius 1 is 1.33 bits per heavy atom. The Labute approximate surface area is 174 Å². The van der Waals surface area contributed by atoms with Crippen LogP contribution < -0.4 is 10.6 Å². The summed E-state index contributed by atoms with van der Waals surface area (Å²) >= 11 is 0. The molecular formula is C21H26N4O5. The first-order valence-electron chi connectivity index (χ1n) is 10.3. The number of carboxylic acid groups (broad SMARTS) is 1. The molecule has 0 bridgehead atoms. The third-order valence-corrected chi connectivity index (χ3v) is 6.27. The molecule has 4 rings (SSSR count). The quantitative estimate of drug-likeness (QED) is 0.634. The molecule has 1 unspecified atom stereocenters. The Bertz CT molecular complexity index is 917. The standard InChI is InChI=1S/C21H26N4O5/c1-21(7-2-8-24(12-21)20(29)30)22-10-13-3-4-15-14(9-13)11-25(19(15)28)16-5-6-17(26)23-18(16)27/h3-4,9,16,22H,2,5-8,10-12H2,1H3,(H,29,30)(H,23,26,27)/t16?,21-/m0/s1. The van der Waals surface area contributed by atoms with Gasteiger partial charge in [0.2, 0.25) is 11.8 Å². The number of imide groups is 1. The number of benzene rings is 1. The van der Waals surface area contributed by atoms with E-state index >= 15 is 0 Å². The van der Waals surface area contributed by atoms with E-state index in [1.807, 2.05) is 19.1 Å². The number of hydrogen-bond donors (Lipinski definition) is 3. The average Bonchev–Trinajstić information content (AvgIpc) is 3.02. The number of amides is 4. The molecule has 0 aromatic heterocycles. The van der Waals surface area contributed by atoms with Crippen molar-refractivity contribution in [3.63, 3.8) is 0 Å². The Morgan fingerprint density at radius 3 is 2.87 bits per heavy atom. The smallest absolute Gasteiger partial charge is 0.407 e. The number of hydrogen-bond acceptors (Lipinski definition) is 5. The van der Waals surface area contributed by atoms with E-state index in [1.165, 1.54) is 9.80 Å². The van der Waals surface area contributed by atoms with Gasteiger partial charge in [0.15, 0.2) is 0 Å². The third-order valence-electron chi connectivity index (χ3n) is 6.27. The highest BCUT2D eigenvalue weighted by Crippen LogP contribution is 2.29. The molecule has 9 nitrogen and oxygen atoms in total. The van der Waals surface area contributed by atoms with E-state index < -0.39 is 18.0 Å². The molecule has 3 aliphatic heterocycles. The molecule has 9 heteroatoms. The Balaban J connectivity index is 1.42. The monoisotopic (exact) mass is 414 g/mol. The second-order valence-electron chi connectivity index (χ2n) is 8.61. The maximum Gasteiger partial charge on any atom is 0.407 e. The summed E-state index contributed by atoms with van der Waals surface area (Å²) in [5.74, 6) is -0.899. The number of nitrogens with zero attached hydrogens (tertiary/aromatic N) is 2. The minimum atomic E-state index is -0.896. The van der Waals surface area contributed by atoms with Crippen LogP contribution >= 0.6 is 0 Å². The maximum absolute atomic E-state index is 12.8. The van der Waals surface area contributed by atoms with E-state index in [0.29, 0.717) is 38.2 Å². The summed E-state index contributed by atoms with van der Waals surface area (Å²) in [7, 11) is 0. The van der Waals surface area contributed by atoms with E-state index in [-0.39, 0.29) is 23.8 Å². The summed E-state index contributed by atoms with van der Waals surface area (Å²) in [4.78, 5) is 50.6. The normalized spacial score (nSPS) is 26.6. The van der Waals surface area contributed by atoms with Crippen LogP contribution in [0.2, 0.25) is 0 Å². The van der Waals surface area contributed by atoms with Gasteiger partial charge in [-0.05, 0) is 43.4 Å². The zero-order valence-electron chi connectivity index (χ0n) is 16.9. The van der Waals surface area contributed by atoms with E-state index in [2.05, 4.69) is 10.6 Å². The molecule has 0 aliphatic carbocycles. The lowest BCUT2D eigenvalue weighted by atomic mass is 9.91. The van der Waals surface area contributed by atoms with Gasteiger partial charge in [0.25, 0.3) is 5.91 Å². The fourth-order valence-corrected chi connectivity index (χ4v) is 4.60. The Kier molecular flexibility index (Phi) is 5.23. The minimum Gasteiger partial charge on any atom is -0.465 e. The molecular weight excluding hydrogens is 388 g/mol. The summed E-state index contributed by atoms with van der Waals surface area (Å²) in [5, 5.41) is 15.1. The van der Waals surface area contributed by atoms with Gasteiger partial charge in [-0.1, -0.05) is 12.1 Å². The van der Waals surface area contributed by atoms with Crippen molar-refractivity contribution >= 4 is 23.8 Å². The van der Waals surface area contributed by atoms with E-state index in [9.17, 15) is 24.3 Å². The van der Waals surface area contributed by atoms with Crippen molar-refractivity contribution in [2.24, 2.45) is 0 Å². The van der Waals surface area contributed by atoms with E-state index in [4.69, 9.17) is 0 Å². The molecule has 2 fully saturated rings. The lowest BCUT2D eigenvalue weighted by Gasteiger charge is -2.40. The van der Waals surface area contributed by atoms with Gasteiger partial charge in [-0.3, -0.25) is 19.7 Å². The van der Waals surface area contributed by atoms with Crippen LogP contribution in [-0.2, 0) is 22.7 Å². The molecule has 30 heavy (non-hydrogen) atoms. The van der Waals surface area contributed by atoms with Gasteiger partial charge in [0, 0.05) is 43.7 Å². The molecule has 3 heterocycles. The van der Waals surface area contributed by atoms with Crippen LogP contribution in [0.25, 0.3) is 0 Å². The predicted octanol–water partition coefficient (Wildman–Crippen LogP) is 1.07. The summed E-state index contributed by atoms with van der Waals surface area (Å²) in [6.07, 6.45) is 1.39. The molecule has 2 atom stereocenters. The molecule has 0 radical (unpaired) electrons. The lowest BCUT2D eigenvalue weighted by Crippen LogP contribution is -2.55. The predicted molar refractivity (Wildman–Crippen MR) is 107 cm³/mol. The van der Waals surface area contributed by atoms with E-state index in [0.717, 1.165) is 24.0 Å². The molecule has 1 aromatic carbocycles. The number of piperidine rings is 2. The van der Waals surface area contributed by atoms with E-state index in [1.54, 1.807) is 6.07 Å². The number of fused-ring (bicyclic) bond motifs is 1. The van der Waals surface area contributed by atoms with Crippen LogP contribution in [0.4, 0.5) is 4.79 Å². The van der Waals surface area contributed by atoms with Gasteiger partial charge in [-0.2, -0.15) is 0 Å². The highest BCUT2D eigenvalue weighted by molar-refractivity contribution is 6.05. The van der Waals surface area contributed by atoms with Crippen LogP contribution in [0, 0.1) is 0 Å². The van der Waals surface area contributed by atoms with Crippen molar-refractivity contribution in [3.05, 3.63) is 34.9 Å². The molecule has 4 amide bonds. The van der Waals surface area contributed by atoms with Crippen LogP contribution in [-0.4, -0.2) is 63.4 Å². The van der Waals surface area contributed by atoms with Gasteiger partial charge in [0.05, 0.1) is 0 Å². The van der Waals surface area contributed by atoms with Gasteiger partial charge < -0.3 is 20.2 Å². The lowest BCUT2D eigenvalue weighted by molar-refractivity contribution is -0.136. The number of carbonyl (C=O) groups excluding carboxylic acids is 3. The molecule has 160 valence electrons. The van der Waals surface area contributed by atoms with Crippen molar-refractivity contribution in [2.75, 3.05) is 13.1 Å². The zero-order chi connectivity index (χ0) is 21.5. The van der Waals surface area contributed by atoms with Crippen LogP contribution in [0.5, 0.6) is 0 Å². The van der Waals surface area contributed by atoms with Crippen molar-refractivity contribution in [3.8, 4) is 0 Å². The average molecular weight is 414 g/mol. The summed E-state index contributed by atoms with van der Waals surface area (Å²) < 4.78 is 0. The summed E-state index contributed by atoms with van der Waals surface area (Å²) in [6.45, 7) is 3.94. The molecule has 1 aromatic rings. The van der Waals surface area contributed by atoms with Crippen LogP contribution in [0.15, 0.2) is 18.2 Å². The molecule has 0 spiro atoms. The van der Waals surface area contributed by atoms with Crippen molar-refractivity contribution < 1.29 is 24.3 Å². The number of carbonyl (C=O) groups is 4. The molecule has 3 N–H and O–H groups in total. The van der Waals surface area contributed by atoms with Crippen molar-refractivity contribution in [1.82, 2.24) is 20.4 Å². The molecule has 2 saturated heterocycles. The van der Waals surface area contributed by atoms with Crippen LogP contribution in [0.3, 0.4) is 0 Å². The largest absolute Gasteiger partial charge is 0.465 e. The zero-order valence-corrected chi connectivity index (χ0v) is 16.9. The number of rotatable bonds is 4. The maximum atomic E-state index is 12.8. The first-order valence-corrected chi connectivity index (χ1v) is 10.3. The fraction of sp³-hybridized carbons (Fsp3) is 0.524. The Morgan fingerprint density at radius 2 is 2.13 bits per heavy atom. The second-order valence-corrected chi connectivity index (χ2v) is 8.61. The highest BCUT2D eigenvalue weighted by atomic mass is 16.4. The van der Waals surface area contributed by atoms with Gasteiger partial charge in [-0.15, -0.1) is 0 Å². The van der Waals surface area contributed by atoms with Gasteiger partial charge in [0.1, 0.15) is 6.04 Å². The fourth-order valence-electron chi connectivity index (χ4n) is 4.60. The molecule has 3 aliphatic rings. The van der Waals surface area contributed by atoms with Crippen molar-refractivity contribution in [1.29, 1.82) is 0 Å². The topological polar surface area (TPSA) is 119 Å². The number of likely N-dealkylation sites (tertiary alicyclic amines) is 1. The highest BCUT2D eigenvalue weighted by Gasteiger charge is 2.39. The summed E-state index contributed by atoms with van der Waals surface area (Å²) in [6, 6.07) is 5.02. The van der Waals surface area contributed by atoms with Gasteiger partial charge in [-0.25, -0.2) is 4.79 Å². The summed E-state index contributed by atoms with van der Waals surface area (Å²) in [5.41, 5.74) is 2.15. The van der Waals surface area contributed by atoms with Crippen LogP contribution in [0.1, 0.15) is 54.1 Å². The van der Waals surface area contributed by atoms with Gasteiger partial charge >= 0.3 is 6.09 Å². The SMILES string of the molecule is C[C@]1(NCc2ccc3c(c2)CN(C2CCC(=O)NC2=O)C3=O)CCCN(C(=O)O)C1. The number of nitrogens with one attached hydrogen (secondary N) is 2. The molecule has 0 saturated carbocycles. The Hall–Kier alpha value is -2.94. The minimum absolute atomic E-state index is 0.185. The third kappa shape index (κ3) is 3.89. The second kappa shape index (κ2) is 7.71. The van der Waals surface area contributed by atoms with Crippen molar-refractivity contribution in [2.45, 2.75) is 57.3 Å². The first-order chi connectivity index (χ1) is 14.3.